The molecular formula is C13H18N2O. The predicted molar refractivity (Wildman–Crippen MR) is 64.3 cm³/mol. The van der Waals surface area contributed by atoms with Gasteiger partial charge >= 0.3 is 0 Å². The van der Waals surface area contributed by atoms with E-state index in [0.717, 1.165) is 18.5 Å². The number of primary amides is 1. The molecule has 16 heavy (non-hydrogen) atoms. The van der Waals surface area contributed by atoms with E-state index in [1.54, 1.807) is 6.07 Å². The molecule has 1 aliphatic heterocycles. The molecule has 1 fully saturated rings. The zero-order valence-electron chi connectivity index (χ0n) is 9.41. The highest BCUT2D eigenvalue weighted by molar-refractivity contribution is 5.94. The molecular weight excluding hydrogens is 200 g/mol. The molecule has 1 aromatic rings. The first-order valence-electron chi connectivity index (χ1n) is 5.88. The van der Waals surface area contributed by atoms with Gasteiger partial charge in [-0.1, -0.05) is 24.6 Å². The molecule has 1 aromatic carbocycles. The molecule has 2 rings (SSSR count). The van der Waals surface area contributed by atoms with Crippen molar-refractivity contribution in [3.63, 3.8) is 0 Å². The Labute approximate surface area is 96.0 Å². The molecule has 1 aliphatic rings. The molecule has 1 unspecified atom stereocenters. The second-order valence-corrected chi connectivity index (χ2v) is 4.37. The molecule has 3 heteroatoms. The molecule has 0 spiro atoms. The van der Waals surface area contributed by atoms with Crippen molar-refractivity contribution in [2.24, 2.45) is 5.73 Å². The van der Waals surface area contributed by atoms with Gasteiger partial charge in [-0.15, -0.1) is 0 Å². The maximum absolute atomic E-state index is 11.3. The van der Waals surface area contributed by atoms with Gasteiger partial charge in [0.1, 0.15) is 0 Å². The summed E-state index contributed by atoms with van der Waals surface area (Å²) in [7, 11) is 0. The van der Waals surface area contributed by atoms with Crippen molar-refractivity contribution in [1.29, 1.82) is 0 Å². The van der Waals surface area contributed by atoms with Crippen molar-refractivity contribution in [1.82, 2.24) is 5.32 Å². The predicted octanol–water partition coefficient (Wildman–Crippen LogP) is 1.47. The summed E-state index contributed by atoms with van der Waals surface area (Å²) in [4.78, 5) is 11.3. The molecule has 0 radical (unpaired) electrons. The number of piperidine rings is 1. The zero-order valence-corrected chi connectivity index (χ0v) is 9.41. The Kier molecular flexibility index (Phi) is 3.57. The van der Waals surface area contributed by atoms with Gasteiger partial charge in [0, 0.05) is 11.6 Å². The Balaban J connectivity index is 2.10. The van der Waals surface area contributed by atoms with E-state index in [-0.39, 0.29) is 5.91 Å². The number of amides is 1. The first-order valence-corrected chi connectivity index (χ1v) is 5.88. The van der Waals surface area contributed by atoms with E-state index < -0.39 is 0 Å². The molecule has 3 nitrogen and oxygen atoms in total. The SMILES string of the molecule is NC(=O)c1ccccc1CC1CCCCN1. The highest BCUT2D eigenvalue weighted by atomic mass is 16.1. The minimum Gasteiger partial charge on any atom is -0.366 e. The minimum atomic E-state index is -0.327. The van der Waals surface area contributed by atoms with Crippen LogP contribution in [0.2, 0.25) is 0 Å². The van der Waals surface area contributed by atoms with Gasteiger partial charge < -0.3 is 11.1 Å². The van der Waals surface area contributed by atoms with E-state index in [9.17, 15) is 4.79 Å². The normalized spacial score (nSPS) is 20.6. The number of hydrogen-bond acceptors (Lipinski definition) is 2. The molecule has 1 amide bonds. The molecule has 1 saturated heterocycles. The molecule has 0 saturated carbocycles. The highest BCUT2D eigenvalue weighted by Gasteiger charge is 2.15. The average Bonchev–Trinajstić information content (AvgIpc) is 2.31. The summed E-state index contributed by atoms with van der Waals surface area (Å²) in [5.74, 6) is -0.327. The fourth-order valence-electron chi connectivity index (χ4n) is 2.30. The first kappa shape index (κ1) is 11.1. The number of carbonyl (C=O) groups is 1. The summed E-state index contributed by atoms with van der Waals surface area (Å²) < 4.78 is 0. The number of nitrogens with one attached hydrogen (secondary N) is 1. The Morgan fingerprint density at radius 2 is 2.19 bits per heavy atom. The molecule has 0 aliphatic carbocycles. The standard InChI is InChI=1S/C13H18N2O/c14-13(16)12-7-2-1-5-10(12)9-11-6-3-4-8-15-11/h1-2,5,7,11,15H,3-4,6,8-9H2,(H2,14,16). The van der Waals surface area contributed by atoms with Crippen LogP contribution in [-0.4, -0.2) is 18.5 Å². The lowest BCUT2D eigenvalue weighted by Crippen LogP contribution is -2.36. The van der Waals surface area contributed by atoms with Gasteiger partial charge in [-0.3, -0.25) is 4.79 Å². The fourth-order valence-corrected chi connectivity index (χ4v) is 2.30. The van der Waals surface area contributed by atoms with E-state index in [1.807, 2.05) is 18.2 Å². The minimum absolute atomic E-state index is 0.327. The third kappa shape index (κ3) is 2.61. The van der Waals surface area contributed by atoms with E-state index in [2.05, 4.69) is 5.32 Å². The van der Waals surface area contributed by atoms with Crippen LogP contribution in [0.25, 0.3) is 0 Å². The van der Waals surface area contributed by atoms with Gasteiger partial charge in [0.05, 0.1) is 0 Å². The van der Waals surface area contributed by atoms with Crippen LogP contribution in [0.4, 0.5) is 0 Å². The summed E-state index contributed by atoms with van der Waals surface area (Å²) in [6.45, 7) is 1.09. The van der Waals surface area contributed by atoms with Crippen LogP contribution in [0.5, 0.6) is 0 Å². The van der Waals surface area contributed by atoms with E-state index >= 15 is 0 Å². The number of nitrogens with two attached hydrogens (primary N) is 1. The van der Waals surface area contributed by atoms with Crippen LogP contribution in [0, 0.1) is 0 Å². The molecule has 1 atom stereocenters. The van der Waals surface area contributed by atoms with Gasteiger partial charge in [-0.2, -0.15) is 0 Å². The quantitative estimate of drug-likeness (QED) is 0.807. The van der Waals surface area contributed by atoms with Crippen molar-refractivity contribution in [3.05, 3.63) is 35.4 Å². The molecule has 0 aromatic heterocycles. The molecule has 0 bridgehead atoms. The number of carbonyl (C=O) groups excluding carboxylic acids is 1. The summed E-state index contributed by atoms with van der Waals surface area (Å²) >= 11 is 0. The van der Waals surface area contributed by atoms with Crippen LogP contribution in [0.15, 0.2) is 24.3 Å². The van der Waals surface area contributed by atoms with Crippen molar-refractivity contribution in [2.75, 3.05) is 6.54 Å². The lowest BCUT2D eigenvalue weighted by Gasteiger charge is -2.24. The molecule has 3 N–H and O–H groups in total. The molecule has 86 valence electrons. The average molecular weight is 218 g/mol. The third-order valence-corrected chi connectivity index (χ3v) is 3.16. The lowest BCUT2D eigenvalue weighted by atomic mass is 9.95. The van der Waals surface area contributed by atoms with Crippen molar-refractivity contribution >= 4 is 5.91 Å². The van der Waals surface area contributed by atoms with Gasteiger partial charge in [-0.05, 0) is 37.4 Å². The second kappa shape index (κ2) is 5.12. The monoisotopic (exact) mass is 218 g/mol. The van der Waals surface area contributed by atoms with E-state index in [0.29, 0.717) is 11.6 Å². The smallest absolute Gasteiger partial charge is 0.248 e. The van der Waals surface area contributed by atoms with Crippen molar-refractivity contribution < 1.29 is 4.79 Å². The Morgan fingerprint density at radius 3 is 2.88 bits per heavy atom. The van der Waals surface area contributed by atoms with Crippen molar-refractivity contribution in [2.45, 2.75) is 31.7 Å². The third-order valence-electron chi connectivity index (χ3n) is 3.16. The highest BCUT2D eigenvalue weighted by Crippen LogP contribution is 2.15. The maximum atomic E-state index is 11.3. The van der Waals surface area contributed by atoms with E-state index in [1.165, 1.54) is 19.3 Å². The van der Waals surface area contributed by atoms with Gasteiger partial charge in [0.2, 0.25) is 5.91 Å². The topological polar surface area (TPSA) is 55.1 Å². The Bertz CT molecular complexity index is 370. The second-order valence-electron chi connectivity index (χ2n) is 4.37. The summed E-state index contributed by atoms with van der Waals surface area (Å²) in [5, 5.41) is 3.48. The zero-order chi connectivity index (χ0) is 11.4. The first-order chi connectivity index (χ1) is 7.77. The van der Waals surface area contributed by atoms with Gasteiger partial charge in [0.15, 0.2) is 0 Å². The van der Waals surface area contributed by atoms with Crippen LogP contribution < -0.4 is 11.1 Å². The van der Waals surface area contributed by atoms with Gasteiger partial charge in [0.25, 0.3) is 0 Å². The number of rotatable bonds is 3. The summed E-state index contributed by atoms with van der Waals surface area (Å²) in [5.41, 5.74) is 7.09. The van der Waals surface area contributed by atoms with Crippen LogP contribution in [-0.2, 0) is 6.42 Å². The Morgan fingerprint density at radius 1 is 1.38 bits per heavy atom. The summed E-state index contributed by atoms with van der Waals surface area (Å²) in [6, 6.07) is 8.12. The van der Waals surface area contributed by atoms with Crippen LogP contribution in [0.3, 0.4) is 0 Å². The van der Waals surface area contributed by atoms with Crippen molar-refractivity contribution in [3.8, 4) is 0 Å². The van der Waals surface area contributed by atoms with Crippen LogP contribution >= 0.6 is 0 Å². The van der Waals surface area contributed by atoms with Crippen LogP contribution in [0.1, 0.15) is 35.2 Å². The van der Waals surface area contributed by atoms with E-state index in [4.69, 9.17) is 5.73 Å². The maximum Gasteiger partial charge on any atom is 0.248 e. The largest absolute Gasteiger partial charge is 0.366 e. The molecule has 1 heterocycles. The Hall–Kier alpha value is -1.35. The fraction of sp³-hybridized carbons (Fsp3) is 0.462. The number of hydrogen-bond donors (Lipinski definition) is 2. The number of benzene rings is 1. The van der Waals surface area contributed by atoms with Gasteiger partial charge in [-0.25, -0.2) is 0 Å². The lowest BCUT2D eigenvalue weighted by molar-refractivity contribution is 0.0999. The summed E-state index contributed by atoms with van der Waals surface area (Å²) in [6.07, 6.45) is 4.62.